The van der Waals surface area contributed by atoms with Crippen LogP contribution in [-0.2, 0) is 17.1 Å². The largest absolute Gasteiger partial charge is 2.00 e. The summed E-state index contributed by atoms with van der Waals surface area (Å²) in [6, 6.07) is 45.7. The molecule has 0 atom stereocenters. The Bertz CT molecular complexity index is 3160. The van der Waals surface area contributed by atoms with E-state index in [2.05, 4.69) is 72.8 Å². The predicted octanol–water partition coefficient (Wildman–Crippen LogP) is 9.58. The summed E-state index contributed by atoms with van der Waals surface area (Å²) < 4.78 is 0. The molecule has 0 spiro atoms. The number of rotatable bonds is 0. The Kier molecular flexibility index (Phi) is 6.26. The normalized spacial score (nSPS) is 12.0. The molecular formula is C44H22FeN8. The minimum absolute atomic E-state index is 0. The van der Waals surface area contributed by atoms with Crippen molar-refractivity contribution in [2.75, 3.05) is 0 Å². The molecular weight excluding hydrogens is 696 g/mol. The van der Waals surface area contributed by atoms with E-state index in [4.69, 9.17) is 39.9 Å². The molecule has 53 heavy (non-hydrogen) atoms. The maximum atomic E-state index is 5.20. The third-order valence-corrected chi connectivity index (χ3v) is 10.2. The van der Waals surface area contributed by atoms with E-state index < -0.39 is 0 Å². The van der Waals surface area contributed by atoms with Crippen LogP contribution in [0.3, 0.4) is 0 Å². The molecule has 2 aliphatic rings. The summed E-state index contributed by atoms with van der Waals surface area (Å²) in [4.78, 5) is 41.0. The number of fused-ring (bicyclic) bond motifs is 23. The fourth-order valence-corrected chi connectivity index (χ4v) is 7.67. The van der Waals surface area contributed by atoms with Crippen LogP contribution in [0.2, 0.25) is 0 Å². The molecule has 3 aromatic heterocycles. The Morgan fingerprint density at radius 1 is 0.283 bits per heavy atom. The van der Waals surface area contributed by atoms with Crippen molar-refractivity contribution in [1.29, 1.82) is 0 Å². The van der Waals surface area contributed by atoms with Crippen LogP contribution in [0.25, 0.3) is 122 Å². The number of benzene rings is 7. The number of aromatic nitrogens is 8. The van der Waals surface area contributed by atoms with Gasteiger partial charge in [-0.2, -0.15) is 0 Å². The first-order valence-corrected chi connectivity index (χ1v) is 17.1. The molecule has 8 nitrogen and oxygen atoms in total. The van der Waals surface area contributed by atoms with Gasteiger partial charge in [-0.1, -0.05) is 97.1 Å². The summed E-state index contributed by atoms with van der Waals surface area (Å²) >= 11 is 0. The van der Waals surface area contributed by atoms with Crippen LogP contribution in [0.4, 0.5) is 0 Å². The van der Waals surface area contributed by atoms with Crippen LogP contribution in [0, 0.1) is 0 Å². The first-order chi connectivity index (χ1) is 25.7. The smallest absolute Gasteiger partial charge is 0.357 e. The van der Waals surface area contributed by atoms with Crippen LogP contribution >= 0.6 is 0 Å². The van der Waals surface area contributed by atoms with Gasteiger partial charge in [-0.15, -0.1) is 0 Å². The van der Waals surface area contributed by atoms with Crippen LogP contribution in [0.15, 0.2) is 133 Å². The van der Waals surface area contributed by atoms with Gasteiger partial charge in [0.1, 0.15) is 0 Å². The molecule has 0 radical (unpaired) electrons. The maximum absolute atomic E-state index is 5.20. The molecule has 9 heteroatoms. The molecule has 0 N–H and O–H groups in total. The molecule has 12 rings (SSSR count). The molecule has 5 heterocycles. The Morgan fingerprint density at radius 3 is 0.868 bits per heavy atom. The van der Waals surface area contributed by atoms with Crippen molar-refractivity contribution in [3.8, 4) is 45.6 Å². The minimum atomic E-state index is 0. The van der Waals surface area contributed by atoms with E-state index in [1.165, 1.54) is 0 Å². The number of nitrogens with zero attached hydrogens (tertiary/aromatic N) is 8. The first kappa shape index (κ1) is 29.9. The van der Waals surface area contributed by atoms with E-state index in [1.807, 2.05) is 60.7 Å². The van der Waals surface area contributed by atoms with Crippen LogP contribution in [0.1, 0.15) is 0 Å². The molecule has 0 unspecified atom stereocenters. The van der Waals surface area contributed by atoms with Crippen LogP contribution < -0.4 is 9.97 Å². The third kappa shape index (κ3) is 4.48. The fourth-order valence-electron chi connectivity index (χ4n) is 7.67. The molecule has 7 aromatic carbocycles. The first-order valence-electron chi connectivity index (χ1n) is 17.1. The molecule has 0 amide bonds. The van der Waals surface area contributed by atoms with E-state index in [0.29, 0.717) is 45.9 Å². The summed E-state index contributed by atoms with van der Waals surface area (Å²) in [6.07, 6.45) is 0. The summed E-state index contributed by atoms with van der Waals surface area (Å²) in [5.74, 6) is 2.15. The molecule has 2 aliphatic heterocycles. The zero-order chi connectivity index (χ0) is 33.9. The van der Waals surface area contributed by atoms with Gasteiger partial charge < -0.3 is 29.9 Å². The topological polar surface area (TPSA) is 106 Å². The molecule has 0 aliphatic carbocycles. The molecule has 10 aromatic rings. The van der Waals surface area contributed by atoms with E-state index >= 15 is 0 Å². The van der Waals surface area contributed by atoms with Gasteiger partial charge in [0.15, 0.2) is 0 Å². The quantitative estimate of drug-likeness (QED) is 0.143. The van der Waals surface area contributed by atoms with E-state index in [0.717, 1.165) is 76.1 Å². The molecule has 0 fully saturated rings. The molecule has 246 valence electrons. The van der Waals surface area contributed by atoms with Gasteiger partial charge in [0.25, 0.3) is 0 Å². The molecule has 0 saturated heterocycles. The molecule has 0 saturated carbocycles. The molecule has 8 bridgehead atoms. The van der Waals surface area contributed by atoms with E-state index in [1.54, 1.807) is 0 Å². The van der Waals surface area contributed by atoms with Gasteiger partial charge in [-0.3, -0.25) is 0 Å². The zero-order valence-electron chi connectivity index (χ0n) is 27.6. The number of hydrogen-bond acceptors (Lipinski definition) is 6. The van der Waals surface area contributed by atoms with Crippen molar-refractivity contribution in [2.24, 2.45) is 0 Å². The maximum Gasteiger partial charge on any atom is 2.00 e. The minimum Gasteiger partial charge on any atom is -0.357 e. The van der Waals surface area contributed by atoms with Crippen molar-refractivity contribution in [3.63, 3.8) is 0 Å². The van der Waals surface area contributed by atoms with Gasteiger partial charge in [-0.25, -0.2) is 9.97 Å². The second-order valence-electron chi connectivity index (χ2n) is 13.3. The number of hydrogen-bond donors (Lipinski definition) is 0. The summed E-state index contributed by atoms with van der Waals surface area (Å²) in [7, 11) is 0. The average Bonchev–Trinajstić information content (AvgIpc) is 3.90. The Labute approximate surface area is 311 Å². The van der Waals surface area contributed by atoms with Crippen LogP contribution in [0.5, 0.6) is 0 Å². The third-order valence-electron chi connectivity index (χ3n) is 10.2. The summed E-state index contributed by atoms with van der Waals surface area (Å²) in [6.45, 7) is 0. The van der Waals surface area contributed by atoms with Gasteiger partial charge in [0.2, 0.25) is 0 Å². The van der Waals surface area contributed by atoms with Crippen molar-refractivity contribution in [2.45, 2.75) is 0 Å². The van der Waals surface area contributed by atoms with Gasteiger partial charge in [-0.05, 0) is 90.3 Å². The van der Waals surface area contributed by atoms with E-state index in [9.17, 15) is 0 Å². The second kappa shape index (κ2) is 11.1. The van der Waals surface area contributed by atoms with Crippen LogP contribution in [-0.4, -0.2) is 29.9 Å². The second-order valence-corrected chi connectivity index (χ2v) is 13.3. The van der Waals surface area contributed by atoms with Crippen molar-refractivity contribution < 1.29 is 17.1 Å². The van der Waals surface area contributed by atoms with Gasteiger partial charge in [0, 0.05) is 44.8 Å². The Balaban J connectivity index is 0.00000331. The fraction of sp³-hybridized carbons (Fsp3) is 0. The van der Waals surface area contributed by atoms with Gasteiger partial charge in [0.05, 0.1) is 23.3 Å². The monoisotopic (exact) mass is 718 g/mol. The predicted molar refractivity (Wildman–Crippen MR) is 207 cm³/mol. The Morgan fingerprint density at radius 2 is 0.547 bits per heavy atom. The van der Waals surface area contributed by atoms with Crippen molar-refractivity contribution in [1.82, 2.24) is 39.9 Å². The van der Waals surface area contributed by atoms with Gasteiger partial charge >= 0.3 is 17.1 Å². The standard InChI is InChI=1S/C44H22N8.Fe/c1-3-11-25-19-33-31(17-23(25)9-1)39-46-37-29-15-7-8-16-30(29)38(45-37)47-40-32-18-24-10-2-4-12-26(24)20-34(32)42(49-40)51-44-36-22-28-14-6-5-13-27(28)21-35(36)43(52-44)50-41(33)48-39;/h1-22H;/q-2;+2. The summed E-state index contributed by atoms with van der Waals surface area (Å²) in [5, 5.41) is 10.1. The Hall–Kier alpha value is -6.80. The summed E-state index contributed by atoms with van der Waals surface area (Å²) in [5.41, 5.74) is 5.69. The average molecular weight is 719 g/mol. The zero-order valence-corrected chi connectivity index (χ0v) is 28.7. The van der Waals surface area contributed by atoms with Crippen molar-refractivity contribution in [3.05, 3.63) is 133 Å². The SMILES string of the molecule is [Fe+2].c1ccc2c(c1)-c1nc-2nc2[n-]c(nc3nc(nc4[n-]c(n1)c1cc5ccccc5cc41)-c1cc4ccccc4cc1-3)c1cc3ccccc3cc21. The van der Waals surface area contributed by atoms with Crippen molar-refractivity contribution >= 4 is 76.5 Å². The van der Waals surface area contributed by atoms with E-state index in [-0.39, 0.29) is 17.1 Å².